The highest BCUT2D eigenvalue weighted by molar-refractivity contribution is 5.96. The van der Waals surface area contributed by atoms with Crippen LogP contribution in [0.1, 0.15) is 29.4 Å². The minimum atomic E-state index is -0.0797. The maximum atomic E-state index is 12.4. The highest BCUT2D eigenvalue weighted by Crippen LogP contribution is 2.33. The molecule has 4 atom stereocenters. The molecule has 1 N–H and O–H groups in total. The van der Waals surface area contributed by atoms with Crippen LogP contribution in [0.5, 0.6) is 0 Å². The van der Waals surface area contributed by atoms with Crippen molar-refractivity contribution >= 4 is 16.9 Å². The minimum absolute atomic E-state index is 0.0797. The summed E-state index contributed by atoms with van der Waals surface area (Å²) >= 11 is 0. The van der Waals surface area contributed by atoms with Crippen LogP contribution in [-0.4, -0.2) is 41.0 Å². The number of rotatable bonds is 2. The Hall–Kier alpha value is -1.88. The van der Waals surface area contributed by atoms with Gasteiger partial charge in [0.2, 0.25) is 0 Å². The van der Waals surface area contributed by atoms with Gasteiger partial charge < -0.3 is 9.73 Å². The van der Waals surface area contributed by atoms with E-state index in [1.165, 1.54) is 6.42 Å². The molecule has 0 aromatic carbocycles. The number of furan rings is 1. The molecule has 1 amide bonds. The maximum Gasteiger partial charge on any atom is 0.270 e. The molecular formula is C16H19N3O2. The molecule has 5 nitrogen and oxygen atoms in total. The Morgan fingerprint density at radius 3 is 3.05 bits per heavy atom. The third-order valence-corrected chi connectivity index (χ3v) is 4.94. The van der Waals surface area contributed by atoms with Gasteiger partial charge in [0.25, 0.3) is 5.91 Å². The molecule has 4 heterocycles. The van der Waals surface area contributed by atoms with Crippen molar-refractivity contribution in [2.45, 2.75) is 32.4 Å². The standard InChI is InChI=1S/C16H19N3O2/c1-9-8-21-15-5-17-13(4-12(9)15)16(20)18-14-7-19-6-11(14)3-10(19)2/h4-5,8,10-11,14H,3,6-7H2,1-2H3,(H,18,20). The van der Waals surface area contributed by atoms with E-state index in [9.17, 15) is 4.79 Å². The van der Waals surface area contributed by atoms with Gasteiger partial charge in [-0.3, -0.25) is 9.69 Å². The average molecular weight is 285 g/mol. The van der Waals surface area contributed by atoms with Crippen LogP contribution in [0, 0.1) is 12.8 Å². The summed E-state index contributed by atoms with van der Waals surface area (Å²) in [6, 6.07) is 2.74. The lowest BCUT2D eigenvalue weighted by Gasteiger charge is -2.27. The topological polar surface area (TPSA) is 58.4 Å². The first-order chi connectivity index (χ1) is 10.1. The van der Waals surface area contributed by atoms with Crippen LogP contribution in [0.4, 0.5) is 0 Å². The van der Waals surface area contributed by atoms with Gasteiger partial charge in [-0.1, -0.05) is 0 Å². The first-order valence-electron chi connectivity index (χ1n) is 7.50. The molecule has 2 saturated heterocycles. The summed E-state index contributed by atoms with van der Waals surface area (Å²) in [6.07, 6.45) is 4.50. The molecule has 21 heavy (non-hydrogen) atoms. The normalized spacial score (nSPS) is 31.0. The van der Waals surface area contributed by atoms with Gasteiger partial charge in [-0.25, -0.2) is 4.98 Å². The van der Waals surface area contributed by atoms with Gasteiger partial charge in [-0.2, -0.15) is 0 Å². The molecule has 2 bridgehead atoms. The highest BCUT2D eigenvalue weighted by Gasteiger charge is 2.42. The van der Waals surface area contributed by atoms with Crippen molar-refractivity contribution < 1.29 is 9.21 Å². The van der Waals surface area contributed by atoms with Gasteiger partial charge in [-0.05, 0) is 37.8 Å². The molecule has 4 rings (SSSR count). The lowest BCUT2D eigenvalue weighted by Crippen LogP contribution is -2.45. The summed E-state index contributed by atoms with van der Waals surface area (Å²) in [6.45, 7) is 6.30. The summed E-state index contributed by atoms with van der Waals surface area (Å²) in [5.41, 5.74) is 2.23. The predicted molar refractivity (Wildman–Crippen MR) is 79.1 cm³/mol. The molecule has 2 fully saturated rings. The number of aromatic nitrogens is 1. The number of pyridine rings is 1. The van der Waals surface area contributed by atoms with E-state index in [2.05, 4.69) is 22.1 Å². The summed E-state index contributed by atoms with van der Waals surface area (Å²) in [5, 5.41) is 4.11. The predicted octanol–water partition coefficient (Wildman–Crippen LogP) is 1.96. The fraction of sp³-hybridized carbons (Fsp3) is 0.500. The van der Waals surface area contributed by atoms with E-state index in [0.717, 1.165) is 29.6 Å². The van der Waals surface area contributed by atoms with E-state index >= 15 is 0 Å². The van der Waals surface area contributed by atoms with Gasteiger partial charge in [-0.15, -0.1) is 0 Å². The fourth-order valence-electron chi connectivity index (χ4n) is 3.68. The van der Waals surface area contributed by atoms with Crippen LogP contribution in [-0.2, 0) is 0 Å². The van der Waals surface area contributed by atoms with Gasteiger partial charge in [0.15, 0.2) is 5.58 Å². The molecule has 2 aromatic rings. The Morgan fingerprint density at radius 1 is 1.48 bits per heavy atom. The Morgan fingerprint density at radius 2 is 2.33 bits per heavy atom. The minimum Gasteiger partial charge on any atom is -0.462 e. The number of carbonyl (C=O) groups excluding carboxylic acids is 1. The van der Waals surface area contributed by atoms with Gasteiger partial charge in [0, 0.05) is 30.6 Å². The van der Waals surface area contributed by atoms with Crippen molar-refractivity contribution in [3.63, 3.8) is 0 Å². The number of nitrogens with one attached hydrogen (secondary N) is 1. The first-order valence-corrected chi connectivity index (χ1v) is 7.50. The molecular weight excluding hydrogens is 266 g/mol. The van der Waals surface area contributed by atoms with E-state index in [0.29, 0.717) is 17.7 Å². The molecule has 2 aliphatic rings. The number of piperidine rings is 1. The largest absolute Gasteiger partial charge is 0.462 e. The number of nitrogens with zero attached hydrogens (tertiary/aromatic N) is 2. The number of carbonyl (C=O) groups is 1. The van der Waals surface area contributed by atoms with Crippen LogP contribution >= 0.6 is 0 Å². The zero-order chi connectivity index (χ0) is 14.6. The molecule has 0 spiro atoms. The second-order valence-corrected chi connectivity index (χ2v) is 6.36. The molecule has 5 heteroatoms. The van der Waals surface area contributed by atoms with E-state index in [-0.39, 0.29) is 11.9 Å². The Kier molecular flexibility index (Phi) is 2.79. The number of amides is 1. The second-order valence-electron chi connectivity index (χ2n) is 6.36. The summed E-state index contributed by atoms with van der Waals surface area (Å²) < 4.78 is 5.37. The number of hydrogen-bond acceptors (Lipinski definition) is 4. The van der Waals surface area contributed by atoms with E-state index < -0.39 is 0 Å². The molecule has 2 aromatic heterocycles. The summed E-state index contributed by atoms with van der Waals surface area (Å²) in [5.74, 6) is 0.507. The Bertz CT molecular complexity index is 707. The van der Waals surface area contributed by atoms with E-state index in [4.69, 9.17) is 4.42 Å². The number of aryl methyl sites for hydroxylation is 1. The van der Waals surface area contributed by atoms with E-state index in [1.807, 2.05) is 13.0 Å². The lowest BCUT2D eigenvalue weighted by atomic mass is 9.96. The average Bonchev–Trinajstić information content (AvgIpc) is 3.13. The van der Waals surface area contributed by atoms with Crippen molar-refractivity contribution in [2.75, 3.05) is 13.1 Å². The maximum absolute atomic E-state index is 12.4. The number of fused-ring (bicyclic) bond motifs is 3. The highest BCUT2D eigenvalue weighted by atomic mass is 16.3. The molecule has 0 aliphatic carbocycles. The molecule has 4 unspecified atom stereocenters. The smallest absolute Gasteiger partial charge is 0.270 e. The zero-order valence-corrected chi connectivity index (χ0v) is 12.3. The van der Waals surface area contributed by atoms with Crippen molar-refractivity contribution in [1.82, 2.24) is 15.2 Å². The van der Waals surface area contributed by atoms with Crippen LogP contribution in [0.15, 0.2) is 22.9 Å². The van der Waals surface area contributed by atoms with Crippen molar-refractivity contribution in [1.29, 1.82) is 0 Å². The summed E-state index contributed by atoms with van der Waals surface area (Å²) in [7, 11) is 0. The lowest BCUT2D eigenvalue weighted by molar-refractivity contribution is 0.0914. The third-order valence-electron chi connectivity index (χ3n) is 4.94. The molecule has 0 radical (unpaired) electrons. The quantitative estimate of drug-likeness (QED) is 0.916. The van der Waals surface area contributed by atoms with Gasteiger partial charge >= 0.3 is 0 Å². The van der Waals surface area contributed by atoms with Crippen LogP contribution in [0.2, 0.25) is 0 Å². The molecule has 0 saturated carbocycles. The zero-order valence-electron chi connectivity index (χ0n) is 12.3. The number of hydrogen-bond donors (Lipinski definition) is 1. The van der Waals surface area contributed by atoms with Crippen LogP contribution < -0.4 is 5.32 Å². The van der Waals surface area contributed by atoms with Crippen molar-refractivity contribution in [3.05, 3.63) is 29.8 Å². The molecule has 110 valence electrons. The monoisotopic (exact) mass is 285 g/mol. The third kappa shape index (κ3) is 2.03. The second kappa shape index (κ2) is 4.56. The first kappa shape index (κ1) is 12.8. The SMILES string of the molecule is Cc1coc2cnc(C(=O)NC3CN4CC3CC4C)cc12. The van der Waals surface area contributed by atoms with E-state index in [1.54, 1.807) is 12.5 Å². The summed E-state index contributed by atoms with van der Waals surface area (Å²) in [4.78, 5) is 19.1. The van der Waals surface area contributed by atoms with Gasteiger partial charge in [0.1, 0.15) is 5.69 Å². The van der Waals surface area contributed by atoms with Gasteiger partial charge in [0.05, 0.1) is 12.5 Å². The Labute approximate surface area is 123 Å². The van der Waals surface area contributed by atoms with Crippen LogP contribution in [0.25, 0.3) is 11.0 Å². The van der Waals surface area contributed by atoms with Crippen LogP contribution in [0.3, 0.4) is 0 Å². The van der Waals surface area contributed by atoms with Crippen molar-refractivity contribution in [2.24, 2.45) is 5.92 Å². The fourth-order valence-corrected chi connectivity index (χ4v) is 3.68. The molecule has 2 aliphatic heterocycles. The Balaban J connectivity index is 1.53. The van der Waals surface area contributed by atoms with Crippen molar-refractivity contribution in [3.8, 4) is 0 Å².